The third-order valence-corrected chi connectivity index (χ3v) is 4.90. The van der Waals surface area contributed by atoms with Gasteiger partial charge in [0.2, 0.25) is 0 Å². The van der Waals surface area contributed by atoms with Crippen LogP contribution in [0.5, 0.6) is 5.75 Å². The van der Waals surface area contributed by atoms with Gasteiger partial charge in [-0.2, -0.15) is 5.10 Å². The first-order valence-corrected chi connectivity index (χ1v) is 9.10. The van der Waals surface area contributed by atoms with E-state index in [1.807, 2.05) is 36.0 Å². The summed E-state index contributed by atoms with van der Waals surface area (Å²) in [7, 11) is 3.61. The fraction of sp³-hybridized carbons (Fsp3) is 0.333. The van der Waals surface area contributed by atoms with Gasteiger partial charge in [-0.15, -0.1) is 0 Å². The summed E-state index contributed by atoms with van der Waals surface area (Å²) in [6.45, 7) is 3.41. The molecular formula is C21H24N4O. The Bertz CT molecular complexity index is 879. The molecule has 134 valence electrons. The highest BCUT2D eigenvalue weighted by Crippen LogP contribution is 2.25. The molecule has 0 aliphatic carbocycles. The molecule has 0 bridgehead atoms. The summed E-state index contributed by atoms with van der Waals surface area (Å²) >= 11 is 0. The average molecular weight is 348 g/mol. The first-order valence-electron chi connectivity index (χ1n) is 9.10. The van der Waals surface area contributed by atoms with E-state index in [9.17, 15) is 0 Å². The van der Waals surface area contributed by atoms with Gasteiger partial charge in [0.05, 0.1) is 7.11 Å². The van der Waals surface area contributed by atoms with Gasteiger partial charge in [0, 0.05) is 24.7 Å². The smallest absolute Gasteiger partial charge is 0.181 e. The van der Waals surface area contributed by atoms with Crippen molar-refractivity contribution in [2.24, 2.45) is 7.05 Å². The van der Waals surface area contributed by atoms with E-state index in [2.05, 4.69) is 34.3 Å². The minimum Gasteiger partial charge on any atom is -0.497 e. The van der Waals surface area contributed by atoms with Crippen LogP contribution in [0.15, 0.2) is 48.5 Å². The maximum atomic E-state index is 5.23. The van der Waals surface area contributed by atoms with Crippen LogP contribution >= 0.6 is 0 Å². The molecule has 1 fully saturated rings. The quantitative estimate of drug-likeness (QED) is 0.704. The zero-order chi connectivity index (χ0) is 17.9. The second-order valence-corrected chi connectivity index (χ2v) is 6.79. The van der Waals surface area contributed by atoms with Crippen molar-refractivity contribution in [3.63, 3.8) is 0 Å². The molecular weight excluding hydrogens is 324 g/mol. The van der Waals surface area contributed by atoms with Gasteiger partial charge in [-0.1, -0.05) is 18.2 Å². The van der Waals surface area contributed by atoms with Crippen molar-refractivity contribution < 1.29 is 4.74 Å². The summed E-state index contributed by atoms with van der Waals surface area (Å²) in [6.07, 6.45) is 2.62. The summed E-state index contributed by atoms with van der Waals surface area (Å²) in [5, 5.41) is 4.63. The summed E-state index contributed by atoms with van der Waals surface area (Å²) in [4.78, 5) is 7.28. The Labute approximate surface area is 154 Å². The fourth-order valence-electron chi connectivity index (χ4n) is 3.51. The summed E-state index contributed by atoms with van der Waals surface area (Å²) in [5.41, 5.74) is 3.42. The summed E-state index contributed by atoms with van der Waals surface area (Å²) < 4.78 is 7.07. The van der Waals surface area contributed by atoms with Gasteiger partial charge in [0.25, 0.3) is 0 Å². The van der Waals surface area contributed by atoms with Crippen molar-refractivity contribution in [1.29, 1.82) is 0 Å². The van der Waals surface area contributed by atoms with Crippen LogP contribution in [0.4, 0.5) is 0 Å². The van der Waals surface area contributed by atoms with Gasteiger partial charge in [-0.25, -0.2) is 9.67 Å². The lowest BCUT2D eigenvalue weighted by Crippen LogP contribution is -2.18. The van der Waals surface area contributed by atoms with Crippen molar-refractivity contribution >= 4 is 0 Å². The molecule has 0 spiro atoms. The monoisotopic (exact) mass is 348 g/mol. The molecule has 5 heteroatoms. The van der Waals surface area contributed by atoms with Gasteiger partial charge < -0.3 is 4.74 Å². The molecule has 0 saturated carbocycles. The van der Waals surface area contributed by atoms with Crippen molar-refractivity contribution in [2.75, 3.05) is 20.2 Å². The molecule has 1 aromatic heterocycles. The Balaban J connectivity index is 1.60. The predicted molar refractivity (Wildman–Crippen MR) is 103 cm³/mol. The second kappa shape index (κ2) is 7.30. The Morgan fingerprint density at radius 1 is 1.00 bits per heavy atom. The maximum absolute atomic E-state index is 5.23. The van der Waals surface area contributed by atoms with Gasteiger partial charge in [-0.3, -0.25) is 4.90 Å². The molecule has 1 aliphatic heterocycles. The Morgan fingerprint density at radius 2 is 1.77 bits per heavy atom. The van der Waals surface area contributed by atoms with Crippen molar-refractivity contribution in [2.45, 2.75) is 19.4 Å². The third kappa shape index (κ3) is 3.48. The molecule has 0 N–H and O–H groups in total. The van der Waals surface area contributed by atoms with Crippen molar-refractivity contribution in [3.05, 3.63) is 54.1 Å². The Kier molecular flexibility index (Phi) is 4.71. The van der Waals surface area contributed by atoms with E-state index in [4.69, 9.17) is 9.72 Å². The predicted octanol–water partition coefficient (Wildman–Crippen LogP) is 3.75. The maximum Gasteiger partial charge on any atom is 0.181 e. The number of hydrogen-bond acceptors (Lipinski definition) is 4. The molecule has 0 radical (unpaired) electrons. The zero-order valence-corrected chi connectivity index (χ0v) is 15.4. The standard InChI is InChI=1S/C21H24N4O/c1-24-21(17-8-10-19(26-2)11-9-17)22-20(23-24)18-7-5-6-16(14-18)15-25-12-3-4-13-25/h5-11,14H,3-4,12-13,15H2,1-2H3. The summed E-state index contributed by atoms with van der Waals surface area (Å²) in [6, 6.07) is 16.5. The highest BCUT2D eigenvalue weighted by atomic mass is 16.5. The molecule has 0 amide bonds. The van der Waals surface area contributed by atoms with Gasteiger partial charge in [0.1, 0.15) is 5.75 Å². The lowest BCUT2D eigenvalue weighted by Gasteiger charge is -2.14. The molecule has 2 aromatic carbocycles. The van der Waals surface area contributed by atoms with Crippen LogP contribution in [0, 0.1) is 0 Å². The number of rotatable bonds is 5. The van der Waals surface area contributed by atoms with Crippen LogP contribution in [0.1, 0.15) is 18.4 Å². The largest absolute Gasteiger partial charge is 0.497 e. The van der Waals surface area contributed by atoms with Gasteiger partial charge in [0.15, 0.2) is 11.6 Å². The fourth-order valence-corrected chi connectivity index (χ4v) is 3.51. The molecule has 3 aromatic rings. The van der Waals surface area contributed by atoms with Crippen LogP contribution in [-0.2, 0) is 13.6 Å². The van der Waals surface area contributed by atoms with E-state index >= 15 is 0 Å². The number of benzene rings is 2. The minimum absolute atomic E-state index is 0.765. The molecule has 26 heavy (non-hydrogen) atoms. The lowest BCUT2D eigenvalue weighted by atomic mass is 10.1. The number of ether oxygens (including phenoxy) is 1. The molecule has 1 saturated heterocycles. The first-order chi connectivity index (χ1) is 12.7. The zero-order valence-electron chi connectivity index (χ0n) is 15.4. The molecule has 2 heterocycles. The molecule has 0 unspecified atom stereocenters. The molecule has 5 nitrogen and oxygen atoms in total. The normalized spacial score (nSPS) is 14.7. The Morgan fingerprint density at radius 3 is 2.50 bits per heavy atom. The molecule has 4 rings (SSSR count). The van der Waals surface area contributed by atoms with Crippen LogP contribution in [-0.4, -0.2) is 39.9 Å². The van der Waals surface area contributed by atoms with E-state index in [1.165, 1.54) is 31.5 Å². The van der Waals surface area contributed by atoms with Crippen molar-refractivity contribution in [3.8, 4) is 28.5 Å². The summed E-state index contributed by atoms with van der Waals surface area (Å²) in [5.74, 6) is 2.46. The number of aromatic nitrogens is 3. The number of likely N-dealkylation sites (tertiary alicyclic amines) is 1. The first kappa shape index (κ1) is 16.8. The Hall–Kier alpha value is -2.66. The average Bonchev–Trinajstić information content (AvgIpc) is 3.32. The van der Waals surface area contributed by atoms with E-state index in [-0.39, 0.29) is 0 Å². The number of hydrogen-bond donors (Lipinski definition) is 0. The molecule has 1 aliphatic rings. The third-order valence-electron chi connectivity index (χ3n) is 4.90. The highest BCUT2D eigenvalue weighted by molar-refractivity contribution is 5.62. The number of methoxy groups -OCH3 is 1. The van der Waals surface area contributed by atoms with Crippen LogP contribution in [0.25, 0.3) is 22.8 Å². The van der Waals surface area contributed by atoms with E-state index < -0.39 is 0 Å². The minimum atomic E-state index is 0.765. The lowest BCUT2D eigenvalue weighted by molar-refractivity contribution is 0.331. The number of nitrogens with zero attached hydrogens (tertiary/aromatic N) is 4. The topological polar surface area (TPSA) is 43.2 Å². The van der Waals surface area contributed by atoms with E-state index in [0.717, 1.165) is 35.1 Å². The second-order valence-electron chi connectivity index (χ2n) is 6.79. The van der Waals surface area contributed by atoms with Crippen LogP contribution < -0.4 is 4.74 Å². The number of aryl methyl sites for hydroxylation is 1. The van der Waals surface area contributed by atoms with Crippen LogP contribution in [0.3, 0.4) is 0 Å². The van der Waals surface area contributed by atoms with Gasteiger partial charge in [-0.05, 0) is 61.8 Å². The van der Waals surface area contributed by atoms with Crippen molar-refractivity contribution in [1.82, 2.24) is 19.7 Å². The van der Waals surface area contributed by atoms with E-state index in [0.29, 0.717) is 0 Å². The van der Waals surface area contributed by atoms with E-state index in [1.54, 1.807) is 7.11 Å². The van der Waals surface area contributed by atoms with Gasteiger partial charge >= 0.3 is 0 Å². The SMILES string of the molecule is COc1ccc(-c2nc(-c3cccc(CN4CCCC4)c3)nn2C)cc1. The highest BCUT2D eigenvalue weighted by Gasteiger charge is 2.14. The molecule has 0 atom stereocenters. The van der Waals surface area contributed by atoms with Crippen LogP contribution in [0.2, 0.25) is 0 Å².